The largest absolute Gasteiger partial charge is 0.493 e. The summed E-state index contributed by atoms with van der Waals surface area (Å²) in [4.78, 5) is 11.0. The molecule has 0 atom stereocenters. The SMILES string of the molecule is COc1c(CS(=O)(=O)Cl)cc(Br)c(C=O)c1OC. The van der Waals surface area contributed by atoms with Crippen LogP contribution < -0.4 is 9.47 Å². The van der Waals surface area contributed by atoms with Gasteiger partial charge in [-0.05, 0) is 22.0 Å². The summed E-state index contributed by atoms with van der Waals surface area (Å²) in [5.41, 5.74) is 0.548. The van der Waals surface area contributed by atoms with Gasteiger partial charge >= 0.3 is 0 Å². The molecule has 0 saturated carbocycles. The van der Waals surface area contributed by atoms with Crippen LogP contribution in [0, 0.1) is 0 Å². The highest BCUT2D eigenvalue weighted by atomic mass is 79.9. The third-order valence-corrected chi connectivity index (χ3v) is 3.79. The molecule has 100 valence electrons. The van der Waals surface area contributed by atoms with E-state index in [0.29, 0.717) is 16.3 Å². The zero-order chi connectivity index (χ0) is 13.9. The van der Waals surface area contributed by atoms with E-state index in [9.17, 15) is 13.2 Å². The lowest BCUT2D eigenvalue weighted by atomic mass is 10.1. The van der Waals surface area contributed by atoms with E-state index >= 15 is 0 Å². The van der Waals surface area contributed by atoms with Crippen LogP contribution in [0.25, 0.3) is 0 Å². The first-order chi connectivity index (χ1) is 8.34. The molecule has 0 radical (unpaired) electrons. The van der Waals surface area contributed by atoms with Crippen molar-refractivity contribution in [1.82, 2.24) is 0 Å². The van der Waals surface area contributed by atoms with Crippen molar-refractivity contribution in [3.8, 4) is 11.5 Å². The molecular formula is C10H10BrClO5S. The van der Waals surface area contributed by atoms with Gasteiger partial charge in [-0.3, -0.25) is 4.79 Å². The predicted molar refractivity (Wildman–Crippen MR) is 71.1 cm³/mol. The van der Waals surface area contributed by atoms with E-state index in [0.717, 1.165) is 0 Å². The summed E-state index contributed by atoms with van der Waals surface area (Å²) in [5, 5.41) is 0. The lowest BCUT2D eigenvalue weighted by Crippen LogP contribution is -2.03. The molecule has 0 amide bonds. The van der Waals surface area contributed by atoms with Gasteiger partial charge in [0, 0.05) is 20.7 Å². The van der Waals surface area contributed by atoms with E-state index in [2.05, 4.69) is 15.9 Å². The summed E-state index contributed by atoms with van der Waals surface area (Å²) in [6.45, 7) is 0. The van der Waals surface area contributed by atoms with Gasteiger partial charge in [0.15, 0.2) is 17.8 Å². The second-order valence-corrected chi connectivity index (χ2v) is 6.93. The molecule has 1 aromatic rings. The lowest BCUT2D eigenvalue weighted by Gasteiger charge is -2.15. The predicted octanol–water partition coefficient (Wildman–Crippen LogP) is 2.35. The normalized spacial score (nSPS) is 11.1. The van der Waals surface area contributed by atoms with Crippen LogP contribution >= 0.6 is 26.6 Å². The monoisotopic (exact) mass is 356 g/mol. The molecule has 0 N–H and O–H groups in total. The third-order valence-electron chi connectivity index (χ3n) is 2.15. The maximum absolute atomic E-state index is 11.1. The minimum absolute atomic E-state index is 0.164. The highest BCUT2D eigenvalue weighted by Gasteiger charge is 2.21. The Labute approximate surface area is 118 Å². The zero-order valence-electron chi connectivity index (χ0n) is 9.57. The van der Waals surface area contributed by atoms with Crippen molar-refractivity contribution in [2.75, 3.05) is 14.2 Å². The van der Waals surface area contributed by atoms with Gasteiger partial charge in [0.2, 0.25) is 9.05 Å². The van der Waals surface area contributed by atoms with E-state index < -0.39 is 14.8 Å². The average molecular weight is 358 g/mol. The zero-order valence-corrected chi connectivity index (χ0v) is 12.7. The Morgan fingerprint density at radius 1 is 1.33 bits per heavy atom. The van der Waals surface area contributed by atoms with Crippen LogP contribution in [0.3, 0.4) is 0 Å². The summed E-state index contributed by atoms with van der Waals surface area (Å²) >= 11 is 3.17. The van der Waals surface area contributed by atoms with Crippen molar-refractivity contribution in [2.24, 2.45) is 0 Å². The molecule has 0 aliphatic heterocycles. The first kappa shape index (κ1) is 15.3. The van der Waals surface area contributed by atoms with Crippen LogP contribution in [-0.2, 0) is 14.8 Å². The molecule has 0 heterocycles. The fourth-order valence-corrected chi connectivity index (χ4v) is 2.99. The molecule has 0 unspecified atom stereocenters. The van der Waals surface area contributed by atoms with Crippen LogP contribution in [0.5, 0.6) is 11.5 Å². The minimum atomic E-state index is -3.74. The molecular weight excluding hydrogens is 348 g/mol. The summed E-state index contributed by atoms with van der Waals surface area (Å²) in [6, 6.07) is 1.46. The number of carbonyl (C=O) groups is 1. The first-order valence-corrected chi connectivity index (χ1v) is 7.92. The quantitative estimate of drug-likeness (QED) is 0.597. The molecule has 1 aromatic carbocycles. The van der Waals surface area contributed by atoms with Crippen LogP contribution in [0.15, 0.2) is 10.5 Å². The molecule has 18 heavy (non-hydrogen) atoms. The Morgan fingerprint density at radius 3 is 2.28 bits per heavy atom. The summed E-state index contributed by atoms with van der Waals surface area (Å²) in [6.07, 6.45) is 0.588. The number of aldehydes is 1. The van der Waals surface area contributed by atoms with E-state index in [1.165, 1.54) is 20.3 Å². The Kier molecular flexibility index (Phi) is 5.01. The van der Waals surface area contributed by atoms with E-state index in [1.54, 1.807) is 0 Å². The van der Waals surface area contributed by atoms with Gasteiger partial charge in [0.05, 0.1) is 25.5 Å². The minimum Gasteiger partial charge on any atom is -0.493 e. The van der Waals surface area contributed by atoms with Crippen LogP contribution in [-0.4, -0.2) is 28.9 Å². The van der Waals surface area contributed by atoms with Crippen molar-refractivity contribution in [3.63, 3.8) is 0 Å². The van der Waals surface area contributed by atoms with Crippen molar-refractivity contribution < 1.29 is 22.7 Å². The molecule has 8 heteroatoms. The molecule has 5 nitrogen and oxygen atoms in total. The molecule has 0 saturated heterocycles. The topological polar surface area (TPSA) is 69.7 Å². The van der Waals surface area contributed by atoms with Gasteiger partial charge in [-0.25, -0.2) is 8.42 Å². The number of halogens is 2. The Morgan fingerprint density at radius 2 is 1.89 bits per heavy atom. The smallest absolute Gasteiger partial charge is 0.236 e. The number of benzene rings is 1. The first-order valence-electron chi connectivity index (χ1n) is 4.65. The average Bonchev–Trinajstić information content (AvgIpc) is 2.25. The van der Waals surface area contributed by atoms with E-state index in [-0.39, 0.29) is 17.1 Å². The number of methoxy groups -OCH3 is 2. The maximum Gasteiger partial charge on any atom is 0.236 e. The van der Waals surface area contributed by atoms with Gasteiger partial charge in [-0.1, -0.05) is 0 Å². The molecule has 0 spiro atoms. The van der Waals surface area contributed by atoms with Crippen molar-refractivity contribution in [2.45, 2.75) is 5.75 Å². The van der Waals surface area contributed by atoms with Gasteiger partial charge in [0.1, 0.15) is 0 Å². The highest BCUT2D eigenvalue weighted by Crippen LogP contribution is 2.39. The molecule has 0 aliphatic rings. The van der Waals surface area contributed by atoms with Crippen LogP contribution in [0.2, 0.25) is 0 Å². The van der Waals surface area contributed by atoms with Gasteiger partial charge < -0.3 is 9.47 Å². The van der Waals surface area contributed by atoms with Crippen molar-refractivity contribution in [1.29, 1.82) is 0 Å². The molecule has 0 aliphatic carbocycles. The fourth-order valence-electron chi connectivity index (χ4n) is 1.50. The molecule has 0 fully saturated rings. The van der Waals surface area contributed by atoms with Crippen LogP contribution in [0.1, 0.15) is 15.9 Å². The van der Waals surface area contributed by atoms with E-state index in [4.69, 9.17) is 20.2 Å². The molecule has 0 bridgehead atoms. The number of ether oxygens (including phenoxy) is 2. The third kappa shape index (κ3) is 3.37. The van der Waals surface area contributed by atoms with Gasteiger partial charge in [-0.2, -0.15) is 0 Å². The van der Waals surface area contributed by atoms with Gasteiger partial charge in [-0.15, -0.1) is 0 Å². The number of carbonyl (C=O) groups excluding carboxylic acids is 1. The number of hydrogen-bond acceptors (Lipinski definition) is 5. The molecule has 0 aromatic heterocycles. The van der Waals surface area contributed by atoms with Gasteiger partial charge in [0.25, 0.3) is 0 Å². The number of hydrogen-bond donors (Lipinski definition) is 0. The Hall–Kier alpha value is -0.790. The summed E-state index contributed by atoms with van der Waals surface area (Å²) in [7, 11) is 4.17. The Bertz CT molecular complexity index is 570. The standard InChI is InChI=1S/C10H10BrClO5S/c1-16-9-6(5-18(12,14)15)3-8(11)7(4-13)10(9)17-2/h3-4H,5H2,1-2H3. The molecule has 1 rings (SSSR count). The maximum atomic E-state index is 11.1. The van der Waals surface area contributed by atoms with Crippen LogP contribution in [0.4, 0.5) is 0 Å². The summed E-state index contributed by atoms with van der Waals surface area (Å²) < 4.78 is 32.8. The van der Waals surface area contributed by atoms with Crippen molar-refractivity contribution >= 4 is 41.9 Å². The fraction of sp³-hybridized carbons (Fsp3) is 0.300. The highest BCUT2D eigenvalue weighted by molar-refractivity contribution is 9.10. The Balaban J connectivity index is 3.53. The van der Waals surface area contributed by atoms with E-state index in [1.807, 2.05) is 0 Å². The lowest BCUT2D eigenvalue weighted by molar-refractivity contribution is 0.111. The van der Waals surface area contributed by atoms with Crippen molar-refractivity contribution in [3.05, 3.63) is 21.7 Å². The second kappa shape index (κ2) is 5.90. The summed E-state index contributed by atoms with van der Waals surface area (Å²) in [5.74, 6) is -0.0875. The second-order valence-electron chi connectivity index (χ2n) is 3.30. The number of rotatable bonds is 5.